The number of aromatic nitrogens is 2. The van der Waals surface area contributed by atoms with Gasteiger partial charge in [-0.05, 0) is 31.5 Å². The molecule has 2 amide bonds. The second kappa shape index (κ2) is 9.22. The molecule has 0 aliphatic carbocycles. The van der Waals surface area contributed by atoms with Crippen LogP contribution in [0.4, 0.5) is 16.3 Å². The molecular weight excluding hydrogens is 374 g/mol. The summed E-state index contributed by atoms with van der Waals surface area (Å²) in [4.78, 5) is 36.2. The summed E-state index contributed by atoms with van der Waals surface area (Å²) in [5.74, 6) is 0.977. The average Bonchev–Trinajstić information content (AvgIpc) is 2.74. The second-order valence-corrected chi connectivity index (χ2v) is 6.60. The topological polar surface area (TPSA) is 96.9 Å². The maximum Gasteiger partial charge on any atom is 0.409 e. The molecule has 1 aliphatic rings. The van der Waals surface area contributed by atoms with Crippen LogP contribution in [0.25, 0.3) is 0 Å². The molecule has 2 heterocycles. The summed E-state index contributed by atoms with van der Waals surface area (Å²) >= 11 is 0. The van der Waals surface area contributed by atoms with E-state index in [1.807, 2.05) is 25.1 Å². The van der Waals surface area contributed by atoms with Crippen LogP contribution in [0.3, 0.4) is 0 Å². The minimum absolute atomic E-state index is 0.199. The molecular formula is C20H25N5O4. The van der Waals surface area contributed by atoms with E-state index in [4.69, 9.17) is 9.47 Å². The number of benzene rings is 1. The Morgan fingerprint density at radius 2 is 1.83 bits per heavy atom. The number of hydrogen-bond acceptors (Lipinski definition) is 7. The van der Waals surface area contributed by atoms with E-state index in [1.165, 1.54) is 6.33 Å². The first kappa shape index (κ1) is 20.4. The maximum absolute atomic E-state index is 12.8. The maximum atomic E-state index is 12.8. The summed E-state index contributed by atoms with van der Waals surface area (Å²) in [6.45, 7) is 5.80. The Morgan fingerprint density at radius 1 is 1.10 bits per heavy atom. The van der Waals surface area contributed by atoms with Gasteiger partial charge in [0.15, 0.2) is 0 Å². The quantitative estimate of drug-likeness (QED) is 0.825. The van der Waals surface area contributed by atoms with Crippen molar-refractivity contribution >= 4 is 23.5 Å². The Morgan fingerprint density at radius 3 is 2.52 bits per heavy atom. The monoisotopic (exact) mass is 399 g/mol. The number of methoxy groups -OCH3 is 1. The van der Waals surface area contributed by atoms with Gasteiger partial charge in [0.2, 0.25) is 0 Å². The van der Waals surface area contributed by atoms with Gasteiger partial charge < -0.3 is 24.6 Å². The molecule has 1 aliphatic heterocycles. The lowest BCUT2D eigenvalue weighted by Gasteiger charge is -2.33. The van der Waals surface area contributed by atoms with Crippen LogP contribution in [0, 0.1) is 6.92 Å². The first-order valence-corrected chi connectivity index (χ1v) is 9.46. The van der Waals surface area contributed by atoms with E-state index >= 15 is 0 Å². The minimum atomic E-state index is -0.347. The van der Waals surface area contributed by atoms with E-state index in [0.29, 0.717) is 50.0 Å². The summed E-state index contributed by atoms with van der Waals surface area (Å²) in [5.41, 5.74) is 2.12. The van der Waals surface area contributed by atoms with Crippen LogP contribution < -0.4 is 10.1 Å². The highest BCUT2D eigenvalue weighted by Crippen LogP contribution is 2.28. The Hall–Kier alpha value is -3.36. The van der Waals surface area contributed by atoms with Crippen LogP contribution >= 0.6 is 0 Å². The zero-order chi connectivity index (χ0) is 20.8. The molecule has 0 bridgehead atoms. The smallest absolute Gasteiger partial charge is 0.409 e. The summed E-state index contributed by atoms with van der Waals surface area (Å²) in [6.07, 6.45) is 1.01. The highest BCUT2D eigenvalue weighted by atomic mass is 16.6. The third kappa shape index (κ3) is 4.92. The summed E-state index contributed by atoms with van der Waals surface area (Å²) in [5, 5.41) is 3.18. The van der Waals surface area contributed by atoms with Crippen molar-refractivity contribution in [1.29, 1.82) is 0 Å². The van der Waals surface area contributed by atoms with Gasteiger partial charge in [0.1, 0.15) is 23.6 Å². The highest BCUT2D eigenvalue weighted by Gasteiger charge is 2.26. The van der Waals surface area contributed by atoms with E-state index in [-0.39, 0.29) is 12.0 Å². The van der Waals surface area contributed by atoms with Gasteiger partial charge in [0.25, 0.3) is 5.91 Å². The molecule has 3 rings (SSSR count). The van der Waals surface area contributed by atoms with Crippen LogP contribution in [0.5, 0.6) is 5.75 Å². The van der Waals surface area contributed by atoms with Crippen LogP contribution in [0.1, 0.15) is 23.0 Å². The van der Waals surface area contributed by atoms with Crippen molar-refractivity contribution in [3.63, 3.8) is 0 Å². The third-order valence-electron chi connectivity index (χ3n) is 4.60. The fraction of sp³-hybridized carbons (Fsp3) is 0.400. The van der Waals surface area contributed by atoms with Gasteiger partial charge in [0.05, 0.1) is 19.4 Å². The van der Waals surface area contributed by atoms with Gasteiger partial charge in [-0.3, -0.25) is 4.79 Å². The summed E-state index contributed by atoms with van der Waals surface area (Å²) in [6, 6.07) is 7.38. The molecule has 0 radical (unpaired) electrons. The summed E-state index contributed by atoms with van der Waals surface area (Å²) < 4.78 is 10.4. The molecule has 1 aromatic carbocycles. The molecule has 2 aromatic rings. The predicted octanol–water partition coefficient (Wildman–Crippen LogP) is 2.45. The molecule has 0 unspecified atom stereocenters. The SMILES string of the molecule is CCOC(=O)N1CCN(C(=O)c2cc(Nc3cc(C)ccc3OC)ncn2)CC1. The van der Waals surface area contributed by atoms with Crippen molar-refractivity contribution in [3.8, 4) is 5.75 Å². The number of anilines is 2. The van der Waals surface area contributed by atoms with Crippen LogP contribution in [0.2, 0.25) is 0 Å². The lowest BCUT2D eigenvalue weighted by Crippen LogP contribution is -2.50. The van der Waals surface area contributed by atoms with Crippen molar-refractivity contribution in [2.45, 2.75) is 13.8 Å². The predicted molar refractivity (Wildman–Crippen MR) is 108 cm³/mol. The van der Waals surface area contributed by atoms with Gasteiger partial charge in [0, 0.05) is 32.2 Å². The molecule has 9 nitrogen and oxygen atoms in total. The second-order valence-electron chi connectivity index (χ2n) is 6.60. The van der Waals surface area contributed by atoms with E-state index in [2.05, 4.69) is 15.3 Å². The molecule has 1 fully saturated rings. The Balaban J connectivity index is 1.68. The number of amides is 2. The van der Waals surface area contributed by atoms with Gasteiger partial charge in [-0.25, -0.2) is 14.8 Å². The number of rotatable bonds is 5. The number of aryl methyl sites for hydroxylation is 1. The lowest BCUT2D eigenvalue weighted by atomic mass is 10.2. The molecule has 1 saturated heterocycles. The molecule has 1 N–H and O–H groups in total. The van der Waals surface area contributed by atoms with Gasteiger partial charge >= 0.3 is 6.09 Å². The van der Waals surface area contributed by atoms with Crippen molar-refractivity contribution in [2.24, 2.45) is 0 Å². The molecule has 0 spiro atoms. The van der Waals surface area contributed by atoms with Crippen LogP contribution in [0.15, 0.2) is 30.6 Å². The average molecular weight is 399 g/mol. The zero-order valence-corrected chi connectivity index (χ0v) is 16.8. The number of carbonyl (C=O) groups excluding carboxylic acids is 2. The van der Waals surface area contributed by atoms with Crippen molar-refractivity contribution in [1.82, 2.24) is 19.8 Å². The number of ether oxygens (including phenoxy) is 2. The number of piperazine rings is 1. The molecule has 9 heteroatoms. The first-order chi connectivity index (χ1) is 14.0. The fourth-order valence-corrected chi connectivity index (χ4v) is 3.07. The van der Waals surface area contributed by atoms with Crippen LogP contribution in [-0.2, 0) is 4.74 Å². The van der Waals surface area contributed by atoms with Crippen molar-refractivity contribution in [2.75, 3.05) is 45.2 Å². The Bertz CT molecular complexity index is 881. The standard InChI is InChI=1S/C20H25N5O4/c1-4-29-20(27)25-9-7-24(8-10-25)19(26)16-12-18(22-13-21-16)23-15-11-14(2)5-6-17(15)28-3/h5-6,11-13H,4,7-10H2,1-3H3,(H,21,22,23). The van der Waals surface area contributed by atoms with E-state index in [0.717, 1.165) is 11.3 Å². The minimum Gasteiger partial charge on any atom is -0.495 e. The van der Waals surface area contributed by atoms with E-state index in [1.54, 1.807) is 29.9 Å². The molecule has 29 heavy (non-hydrogen) atoms. The third-order valence-corrected chi connectivity index (χ3v) is 4.60. The number of hydrogen-bond donors (Lipinski definition) is 1. The highest BCUT2D eigenvalue weighted by molar-refractivity contribution is 5.93. The van der Waals surface area contributed by atoms with Gasteiger partial charge in [-0.15, -0.1) is 0 Å². The van der Waals surface area contributed by atoms with Crippen molar-refractivity contribution in [3.05, 3.63) is 41.9 Å². The van der Waals surface area contributed by atoms with Gasteiger partial charge in [-0.2, -0.15) is 0 Å². The first-order valence-electron chi connectivity index (χ1n) is 9.46. The lowest BCUT2D eigenvalue weighted by molar-refractivity contribution is 0.0566. The Labute approximate surface area is 169 Å². The number of nitrogens with zero attached hydrogens (tertiary/aromatic N) is 4. The molecule has 0 atom stereocenters. The van der Waals surface area contributed by atoms with E-state index in [9.17, 15) is 9.59 Å². The zero-order valence-electron chi connectivity index (χ0n) is 16.8. The van der Waals surface area contributed by atoms with Gasteiger partial charge in [-0.1, -0.05) is 6.07 Å². The largest absolute Gasteiger partial charge is 0.495 e. The Kier molecular flexibility index (Phi) is 6.48. The van der Waals surface area contributed by atoms with Crippen LogP contribution in [-0.4, -0.2) is 71.7 Å². The molecule has 0 saturated carbocycles. The fourth-order valence-electron chi connectivity index (χ4n) is 3.07. The summed E-state index contributed by atoms with van der Waals surface area (Å²) in [7, 11) is 1.60. The number of carbonyl (C=O) groups is 2. The van der Waals surface area contributed by atoms with E-state index < -0.39 is 0 Å². The normalized spacial score (nSPS) is 13.8. The molecule has 1 aromatic heterocycles. The number of nitrogens with one attached hydrogen (secondary N) is 1. The van der Waals surface area contributed by atoms with Crippen molar-refractivity contribution < 1.29 is 19.1 Å². The molecule has 154 valence electrons.